The summed E-state index contributed by atoms with van der Waals surface area (Å²) in [5.41, 5.74) is 1.77. The van der Waals surface area contributed by atoms with Gasteiger partial charge in [0.2, 0.25) is 5.91 Å². The number of amides is 2. The summed E-state index contributed by atoms with van der Waals surface area (Å²) in [7, 11) is 0. The van der Waals surface area contributed by atoms with E-state index in [9.17, 15) is 9.59 Å². The van der Waals surface area contributed by atoms with Gasteiger partial charge in [0.1, 0.15) is 11.8 Å². The van der Waals surface area contributed by atoms with Crippen LogP contribution in [0.2, 0.25) is 10.0 Å². The molecule has 1 atom stereocenters. The molecule has 2 aromatic rings. The number of halogens is 2. The van der Waals surface area contributed by atoms with Crippen LogP contribution in [0.5, 0.6) is 5.75 Å². The lowest BCUT2D eigenvalue weighted by atomic mass is 10.1. The number of nitrogens with zero attached hydrogens (tertiary/aromatic N) is 1. The first-order valence-corrected chi connectivity index (χ1v) is 10.7. The molecule has 2 aromatic carbocycles. The Bertz CT molecular complexity index is 849. The smallest absolute Gasteiger partial charge is 0.261 e. The normalized spacial score (nSPS) is 11.8. The molecule has 1 N–H and O–H groups in total. The number of hydrogen-bond donors (Lipinski definition) is 1. The molecule has 0 fully saturated rings. The number of aryl methyl sites for hydroxylation is 1. The van der Waals surface area contributed by atoms with Crippen molar-refractivity contribution < 1.29 is 14.3 Å². The van der Waals surface area contributed by atoms with E-state index in [1.807, 2.05) is 38.1 Å². The molecule has 0 aliphatic rings. The average molecular weight is 451 g/mol. The minimum Gasteiger partial charge on any atom is -0.484 e. The van der Waals surface area contributed by atoms with E-state index in [0.717, 1.165) is 6.42 Å². The van der Waals surface area contributed by atoms with Gasteiger partial charge in [0.15, 0.2) is 6.61 Å². The molecule has 7 heteroatoms. The molecule has 0 spiro atoms. The predicted molar refractivity (Wildman–Crippen MR) is 121 cm³/mol. The molecule has 0 heterocycles. The lowest BCUT2D eigenvalue weighted by Crippen LogP contribution is -2.50. The molecule has 30 heavy (non-hydrogen) atoms. The van der Waals surface area contributed by atoms with Crippen molar-refractivity contribution in [3.05, 3.63) is 63.6 Å². The highest BCUT2D eigenvalue weighted by atomic mass is 35.5. The van der Waals surface area contributed by atoms with Crippen LogP contribution in [-0.2, 0) is 22.6 Å². The molecule has 0 bridgehead atoms. The van der Waals surface area contributed by atoms with Gasteiger partial charge in [-0.1, -0.05) is 48.3 Å². The number of rotatable bonds is 9. The molecule has 2 rings (SSSR count). The van der Waals surface area contributed by atoms with E-state index in [4.69, 9.17) is 27.9 Å². The van der Waals surface area contributed by atoms with Crippen LogP contribution in [0, 0.1) is 0 Å². The van der Waals surface area contributed by atoms with Crippen molar-refractivity contribution in [2.45, 2.75) is 52.7 Å². The van der Waals surface area contributed by atoms with Crippen LogP contribution in [0.3, 0.4) is 0 Å². The maximum absolute atomic E-state index is 13.0. The van der Waals surface area contributed by atoms with Crippen LogP contribution >= 0.6 is 23.2 Å². The lowest BCUT2D eigenvalue weighted by Gasteiger charge is -2.30. The second-order valence-electron chi connectivity index (χ2n) is 7.35. The summed E-state index contributed by atoms with van der Waals surface area (Å²) in [5.74, 6) is 0.00125. The molecule has 5 nitrogen and oxygen atoms in total. The molecule has 0 saturated carbocycles. The second kappa shape index (κ2) is 11.2. The quantitative estimate of drug-likeness (QED) is 0.592. The molecular formula is C23H28Cl2N2O3. The second-order valence-corrected chi connectivity index (χ2v) is 8.16. The fraction of sp³-hybridized carbons (Fsp3) is 0.391. The molecular weight excluding hydrogens is 423 g/mol. The highest BCUT2D eigenvalue weighted by molar-refractivity contribution is 6.36. The number of hydrogen-bond acceptors (Lipinski definition) is 3. The summed E-state index contributed by atoms with van der Waals surface area (Å²) in [6.45, 7) is 7.38. The first-order valence-electron chi connectivity index (χ1n) is 9.97. The van der Waals surface area contributed by atoms with E-state index < -0.39 is 6.04 Å². The van der Waals surface area contributed by atoms with Gasteiger partial charge in [-0.3, -0.25) is 9.59 Å². The zero-order valence-corrected chi connectivity index (χ0v) is 19.3. The molecule has 0 radical (unpaired) electrons. The van der Waals surface area contributed by atoms with Crippen molar-refractivity contribution >= 4 is 35.0 Å². The van der Waals surface area contributed by atoms with Crippen molar-refractivity contribution in [2.75, 3.05) is 6.61 Å². The van der Waals surface area contributed by atoms with Crippen molar-refractivity contribution in [1.29, 1.82) is 0 Å². The van der Waals surface area contributed by atoms with E-state index in [0.29, 0.717) is 21.4 Å². The Kier molecular flexibility index (Phi) is 9.00. The maximum Gasteiger partial charge on any atom is 0.261 e. The summed E-state index contributed by atoms with van der Waals surface area (Å²) < 4.78 is 5.67. The first kappa shape index (κ1) is 24.0. The van der Waals surface area contributed by atoms with E-state index in [1.165, 1.54) is 10.5 Å². The van der Waals surface area contributed by atoms with Crippen LogP contribution in [0.1, 0.15) is 38.8 Å². The molecule has 0 unspecified atom stereocenters. The van der Waals surface area contributed by atoms with Crippen LogP contribution in [0.25, 0.3) is 0 Å². The number of nitrogens with one attached hydrogen (secondary N) is 1. The third kappa shape index (κ3) is 6.64. The van der Waals surface area contributed by atoms with Crippen LogP contribution in [-0.4, -0.2) is 35.4 Å². The molecule has 0 aliphatic carbocycles. The fourth-order valence-electron chi connectivity index (χ4n) is 2.89. The zero-order valence-electron chi connectivity index (χ0n) is 17.7. The Morgan fingerprint density at radius 1 is 1.03 bits per heavy atom. The van der Waals surface area contributed by atoms with Gasteiger partial charge in [-0.2, -0.15) is 0 Å². The average Bonchev–Trinajstić information content (AvgIpc) is 2.71. The van der Waals surface area contributed by atoms with Gasteiger partial charge in [-0.25, -0.2) is 0 Å². The van der Waals surface area contributed by atoms with Gasteiger partial charge >= 0.3 is 0 Å². The Morgan fingerprint density at radius 2 is 1.63 bits per heavy atom. The molecule has 2 amide bonds. The monoisotopic (exact) mass is 450 g/mol. The van der Waals surface area contributed by atoms with Crippen LogP contribution < -0.4 is 10.1 Å². The maximum atomic E-state index is 13.0. The predicted octanol–water partition coefficient (Wildman–Crippen LogP) is 4.88. The van der Waals surface area contributed by atoms with Gasteiger partial charge in [0, 0.05) is 28.2 Å². The van der Waals surface area contributed by atoms with E-state index in [1.54, 1.807) is 25.1 Å². The van der Waals surface area contributed by atoms with Gasteiger partial charge < -0.3 is 15.0 Å². The van der Waals surface area contributed by atoms with E-state index in [2.05, 4.69) is 12.2 Å². The van der Waals surface area contributed by atoms with Gasteiger partial charge in [0.25, 0.3) is 5.91 Å². The molecule has 0 aliphatic heterocycles. The van der Waals surface area contributed by atoms with Crippen molar-refractivity contribution in [3.63, 3.8) is 0 Å². The summed E-state index contributed by atoms with van der Waals surface area (Å²) in [5, 5.41) is 3.72. The zero-order chi connectivity index (χ0) is 22.3. The molecule has 0 aromatic heterocycles. The summed E-state index contributed by atoms with van der Waals surface area (Å²) in [6, 6.07) is 11.9. The van der Waals surface area contributed by atoms with Crippen LogP contribution in [0.4, 0.5) is 0 Å². The summed E-state index contributed by atoms with van der Waals surface area (Å²) in [6.07, 6.45) is 0.925. The SMILES string of the molecule is CCc1ccc(OCC(=O)N(Cc2c(Cl)cccc2Cl)[C@@H](C)C(=O)NC(C)C)cc1. The minimum absolute atomic E-state index is 0.0471. The molecule has 162 valence electrons. The van der Waals surface area contributed by atoms with Crippen molar-refractivity contribution in [2.24, 2.45) is 0 Å². The van der Waals surface area contributed by atoms with E-state index >= 15 is 0 Å². The number of carbonyl (C=O) groups is 2. The number of ether oxygens (including phenoxy) is 1. The highest BCUT2D eigenvalue weighted by Gasteiger charge is 2.28. The Labute approximate surface area is 188 Å². The highest BCUT2D eigenvalue weighted by Crippen LogP contribution is 2.26. The Balaban J connectivity index is 2.20. The minimum atomic E-state index is -0.724. The topological polar surface area (TPSA) is 58.6 Å². The molecule has 0 saturated heterocycles. The third-order valence-electron chi connectivity index (χ3n) is 4.68. The van der Waals surface area contributed by atoms with Crippen LogP contribution in [0.15, 0.2) is 42.5 Å². The number of benzene rings is 2. The standard InChI is InChI=1S/C23H28Cl2N2O3/c1-5-17-9-11-18(12-10-17)30-14-22(28)27(16(4)23(29)26-15(2)3)13-19-20(24)7-6-8-21(19)25/h6-12,15-16H,5,13-14H2,1-4H3,(H,26,29)/t16-/m0/s1. The lowest BCUT2D eigenvalue weighted by molar-refractivity contribution is -0.142. The summed E-state index contributed by atoms with van der Waals surface area (Å²) >= 11 is 12.6. The third-order valence-corrected chi connectivity index (χ3v) is 5.39. The van der Waals surface area contributed by atoms with Crippen molar-refractivity contribution in [1.82, 2.24) is 10.2 Å². The van der Waals surface area contributed by atoms with Gasteiger partial charge in [-0.15, -0.1) is 0 Å². The Morgan fingerprint density at radius 3 is 2.17 bits per heavy atom. The van der Waals surface area contributed by atoms with Gasteiger partial charge in [-0.05, 0) is 57.0 Å². The first-order chi connectivity index (χ1) is 14.2. The van der Waals surface area contributed by atoms with Gasteiger partial charge in [0.05, 0.1) is 0 Å². The Hall–Kier alpha value is -2.24. The number of carbonyl (C=O) groups excluding carboxylic acids is 2. The summed E-state index contributed by atoms with van der Waals surface area (Å²) in [4.78, 5) is 27.1. The van der Waals surface area contributed by atoms with E-state index in [-0.39, 0.29) is 31.0 Å². The van der Waals surface area contributed by atoms with Crippen molar-refractivity contribution in [3.8, 4) is 5.75 Å². The largest absolute Gasteiger partial charge is 0.484 e. The fourth-order valence-corrected chi connectivity index (χ4v) is 3.41.